The summed E-state index contributed by atoms with van der Waals surface area (Å²) in [6.45, 7) is 6.86. The van der Waals surface area contributed by atoms with E-state index in [4.69, 9.17) is 10.2 Å². The van der Waals surface area contributed by atoms with Gasteiger partial charge in [-0.1, -0.05) is 40.0 Å². The average molecular weight is 381 g/mol. The molecule has 7 heteroatoms. The molecule has 3 N–H and O–H groups in total. The predicted molar refractivity (Wildman–Crippen MR) is 87.4 cm³/mol. The maximum absolute atomic E-state index is 12.3. The van der Waals surface area contributed by atoms with E-state index >= 15 is 0 Å². The molecule has 0 radical (unpaired) electrons. The van der Waals surface area contributed by atoms with Crippen molar-refractivity contribution >= 4 is 26.0 Å². The summed E-state index contributed by atoms with van der Waals surface area (Å²) in [7, 11) is -3.59. The standard InChI is InChI=1S/C14H25BrN2O3S/c1-4-5-6-7-14(2,3)10-17-21(18,19)12-8-11(9-16)20-13(12)15/h8,17H,4-7,9-10,16H2,1-3H3. The van der Waals surface area contributed by atoms with Crippen molar-refractivity contribution in [3.8, 4) is 0 Å². The Balaban J connectivity index is 2.70. The number of nitrogens with two attached hydrogens (primary N) is 1. The average Bonchev–Trinajstić information content (AvgIpc) is 2.79. The van der Waals surface area contributed by atoms with Crippen LogP contribution in [-0.2, 0) is 16.6 Å². The van der Waals surface area contributed by atoms with E-state index in [1.54, 1.807) is 0 Å². The number of hydrogen-bond donors (Lipinski definition) is 2. The Morgan fingerprint density at radius 3 is 2.57 bits per heavy atom. The van der Waals surface area contributed by atoms with Crippen LogP contribution in [0.2, 0.25) is 0 Å². The fraction of sp³-hybridized carbons (Fsp3) is 0.714. The molecule has 0 aliphatic heterocycles. The summed E-state index contributed by atoms with van der Waals surface area (Å²) in [6.07, 6.45) is 4.43. The molecule has 0 aromatic carbocycles. The largest absolute Gasteiger partial charge is 0.452 e. The topological polar surface area (TPSA) is 85.3 Å². The summed E-state index contributed by atoms with van der Waals surface area (Å²) < 4.78 is 32.7. The predicted octanol–water partition coefficient (Wildman–Crippen LogP) is 3.39. The van der Waals surface area contributed by atoms with Crippen molar-refractivity contribution in [1.82, 2.24) is 4.72 Å². The van der Waals surface area contributed by atoms with Crippen molar-refractivity contribution in [3.05, 3.63) is 16.5 Å². The van der Waals surface area contributed by atoms with E-state index in [-0.39, 0.29) is 21.5 Å². The van der Waals surface area contributed by atoms with Gasteiger partial charge in [-0.05, 0) is 27.8 Å². The zero-order chi connectivity index (χ0) is 16.1. The smallest absolute Gasteiger partial charge is 0.244 e. The van der Waals surface area contributed by atoms with Crippen molar-refractivity contribution in [1.29, 1.82) is 0 Å². The van der Waals surface area contributed by atoms with Gasteiger partial charge in [-0.2, -0.15) is 0 Å². The lowest BCUT2D eigenvalue weighted by atomic mass is 9.87. The molecule has 0 fully saturated rings. The van der Waals surface area contributed by atoms with E-state index in [1.165, 1.54) is 12.5 Å². The van der Waals surface area contributed by atoms with E-state index in [0.29, 0.717) is 12.3 Å². The molecule has 0 unspecified atom stereocenters. The molecule has 0 aliphatic rings. The van der Waals surface area contributed by atoms with Crippen molar-refractivity contribution in [3.63, 3.8) is 0 Å². The number of unbranched alkanes of at least 4 members (excludes halogenated alkanes) is 2. The summed E-state index contributed by atoms with van der Waals surface area (Å²) in [5.41, 5.74) is 5.38. The molecule has 0 saturated heterocycles. The van der Waals surface area contributed by atoms with Crippen LogP contribution in [0.4, 0.5) is 0 Å². The first-order valence-corrected chi connectivity index (χ1v) is 9.47. The highest BCUT2D eigenvalue weighted by atomic mass is 79.9. The molecule has 0 spiro atoms. The monoisotopic (exact) mass is 380 g/mol. The Bertz CT molecular complexity index is 553. The number of nitrogens with one attached hydrogen (secondary N) is 1. The maximum Gasteiger partial charge on any atom is 0.244 e. The van der Waals surface area contributed by atoms with E-state index in [0.717, 1.165) is 19.3 Å². The van der Waals surface area contributed by atoms with Gasteiger partial charge in [0.2, 0.25) is 10.0 Å². The number of halogens is 1. The fourth-order valence-electron chi connectivity index (χ4n) is 1.99. The Kier molecular flexibility index (Phi) is 6.90. The molecular formula is C14H25BrN2O3S. The van der Waals surface area contributed by atoms with Crippen molar-refractivity contribution in [2.75, 3.05) is 6.54 Å². The van der Waals surface area contributed by atoms with Gasteiger partial charge in [-0.3, -0.25) is 0 Å². The van der Waals surface area contributed by atoms with Crippen molar-refractivity contribution in [2.45, 2.75) is 57.9 Å². The minimum absolute atomic E-state index is 0.0743. The molecule has 0 saturated carbocycles. The molecule has 1 aromatic heterocycles. The van der Waals surface area contributed by atoms with Crippen LogP contribution in [-0.4, -0.2) is 15.0 Å². The zero-order valence-electron chi connectivity index (χ0n) is 12.9. The van der Waals surface area contributed by atoms with E-state index in [1.807, 2.05) is 0 Å². The molecular weight excluding hydrogens is 356 g/mol. The Morgan fingerprint density at radius 1 is 1.38 bits per heavy atom. The van der Waals surface area contributed by atoms with Gasteiger partial charge < -0.3 is 10.2 Å². The first-order valence-electron chi connectivity index (χ1n) is 7.20. The second-order valence-electron chi connectivity index (χ2n) is 6.00. The Morgan fingerprint density at radius 2 is 2.05 bits per heavy atom. The first-order chi connectivity index (χ1) is 9.72. The lowest BCUT2D eigenvalue weighted by Crippen LogP contribution is -2.34. The van der Waals surface area contributed by atoms with E-state index in [2.05, 4.69) is 41.4 Å². The second-order valence-corrected chi connectivity index (χ2v) is 8.46. The lowest BCUT2D eigenvalue weighted by molar-refractivity contribution is 0.320. The van der Waals surface area contributed by atoms with Crippen LogP contribution >= 0.6 is 15.9 Å². The number of hydrogen-bond acceptors (Lipinski definition) is 4. The maximum atomic E-state index is 12.3. The zero-order valence-corrected chi connectivity index (χ0v) is 15.3. The molecule has 1 aromatic rings. The third-order valence-corrected chi connectivity index (χ3v) is 5.65. The molecule has 21 heavy (non-hydrogen) atoms. The van der Waals surface area contributed by atoms with Gasteiger partial charge in [0.05, 0.1) is 6.54 Å². The molecule has 0 bridgehead atoms. The highest BCUT2D eigenvalue weighted by Crippen LogP contribution is 2.27. The third-order valence-electron chi connectivity index (χ3n) is 3.40. The molecule has 0 atom stereocenters. The Labute approximate surface area is 135 Å². The summed E-state index contributed by atoms with van der Waals surface area (Å²) in [4.78, 5) is 0.104. The third kappa shape index (κ3) is 5.73. The van der Waals surface area contributed by atoms with Crippen LogP contribution in [0, 0.1) is 5.41 Å². The van der Waals surface area contributed by atoms with Gasteiger partial charge in [-0.15, -0.1) is 0 Å². The quantitative estimate of drug-likeness (QED) is 0.642. The summed E-state index contributed by atoms with van der Waals surface area (Å²) >= 11 is 3.12. The van der Waals surface area contributed by atoms with Crippen LogP contribution in [0.3, 0.4) is 0 Å². The van der Waals surface area contributed by atoms with Gasteiger partial charge in [0.15, 0.2) is 4.67 Å². The number of furan rings is 1. The van der Waals surface area contributed by atoms with E-state index in [9.17, 15) is 8.42 Å². The minimum Gasteiger partial charge on any atom is -0.452 e. The highest BCUT2D eigenvalue weighted by molar-refractivity contribution is 9.10. The molecule has 0 amide bonds. The lowest BCUT2D eigenvalue weighted by Gasteiger charge is -2.24. The molecule has 0 aliphatic carbocycles. The van der Waals surface area contributed by atoms with E-state index < -0.39 is 10.0 Å². The van der Waals surface area contributed by atoms with Gasteiger partial charge in [0.1, 0.15) is 10.7 Å². The SMILES string of the molecule is CCCCCC(C)(C)CNS(=O)(=O)c1cc(CN)oc1Br. The van der Waals surface area contributed by atoms with Crippen molar-refractivity contribution in [2.24, 2.45) is 11.1 Å². The van der Waals surface area contributed by atoms with Crippen molar-refractivity contribution < 1.29 is 12.8 Å². The van der Waals surface area contributed by atoms with Gasteiger partial charge in [0.25, 0.3) is 0 Å². The van der Waals surface area contributed by atoms with Crippen LogP contribution in [0.1, 0.15) is 52.2 Å². The van der Waals surface area contributed by atoms with Gasteiger partial charge in [0, 0.05) is 12.6 Å². The van der Waals surface area contributed by atoms with Crippen LogP contribution in [0.5, 0.6) is 0 Å². The summed E-state index contributed by atoms with van der Waals surface area (Å²) in [5, 5.41) is 0. The summed E-state index contributed by atoms with van der Waals surface area (Å²) in [6, 6.07) is 1.45. The number of rotatable bonds is 9. The van der Waals surface area contributed by atoms with Gasteiger partial charge >= 0.3 is 0 Å². The number of sulfonamides is 1. The molecule has 1 heterocycles. The molecule has 5 nitrogen and oxygen atoms in total. The first kappa shape index (κ1) is 18.7. The summed E-state index contributed by atoms with van der Waals surface area (Å²) in [5.74, 6) is 0.435. The highest BCUT2D eigenvalue weighted by Gasteiger charge is 2.25. The second kappa shape index (κ2) is 7.76. The van der Waals surface area contributed by atoms with Crippen LogP contribution < -0.4 is 10.5 Å². The minimum atomic E-state index is -3.59. The van der Waals surface area contributed by atoms with Gasteiger partial charge in [-0.25, -0.2) is 13.1 Å². The molecule has 122 valence electrons. The van der Waals surface area contributed by atoms with Crippen LogP contribution in [0.25, 0.3) is 0 Å². The normalized spacial score (nSPS) is 12.8. The molecule has 1 rings (SSSR count). The van der Waals surface area contributed by atoms with Crippen LogP contribution in [0.15, 0.2) is 20.0 Å². The Hall–Kier alpha value is -0.370. The fourth-order valence-corrected chi connectivity index (χ4v) is 4.23.